The molecule has 0 aliphatic heterocycles. The van der Waals surface area contributed by atoms with Crippen LogP contribution in [0.4, 0.5) is 13.2 Å². The quantitative estimate of drug-likeness (QED) is 0.703. The van der Waals surface area contributed by atoms with Crippen LogP contribution in [-0.2, 0) is 13.8 Å². The van der Waals surface area contributed by atoms with Crippen molar-refractivity contribution in [3.63, 3.8) is 0 Å². The SMILES string of the molecule is CCC(COC(C)C(F)(F)F)CS(=O)(=O)Cl. The van der Waals surface area contributed by atoms with Gasteiger partial charge in [-0.15, -0.1) is 0 Å². The van der Waals surface area contributed by atoms with Gasteiger partial charge in [-0.05, 0) is 12.8 Å². The predicted molar refractivity (Wildman–Crippen MR) is 54.9 cm³/mol. The van der Waals surface area contributed by atoms with Crippen molar-refractivity contribution in [2.45, 2.75) is 32.5 Å². The molecule has 0 bridgehead atoms. The second-order valence-electron chi connectivity index (χ2n) is 3.50. The molecule has 98 valence electrons. The highest BCUT2D eigenvalue weighted by atomic mass is 35.7. The molecule has 8 heteroatoms. The molecule has 0 amide bonds. The molecule has 3 nitrogen and oxygen atoms in total. The van der Waals surface area contributed by atoms with Gasteiger partial charge in [0.2, 0.25) is 9.05 Å². The lowest BCUT2D eigenvalue weighted by molar-refractivity contribution is -0.216. The third kappa shape index (κ3) is 7.29. The zero-order chi connectivity index (χ0) is 13.0. The van der Waals surface area contributed by atoms with E-state index in [4.69, 9.17) is 10.7 Å². The highest BCUT2D eigenvalue weighted by Crippen LogP contribution is 2.23. The molecule has 0 aromatic carbocycles. The summed E-state index contributed by atoms with van der Waals surface area (Å²) in [5.74, 6) is -0.900. The van der Waals surface area contributed by atoms with Gasteiger partial charge in [-0.1, -0.05) is 13.3 Å². The van der Waals surface area contributed by atoms with Gasteiger partial charge < -0.3 is 4.74 Å². The van der Waals surface area contributed by atoms with Gasteiger partial charge in [0.25, 0.3) is 0 Å². The minimum absolute atomic E-state index is 0.275. The molecular formula is C8H14ClF3O3S. The molecule has 0 fully saturated rings. The number of hydrogen-bond acceptors (Lipinski definition) is 3. The van der Waals surface area contributed by atoms with Crippen molar-refractivity contribution in [1.29, 1.82) is 0 Å². The molecule has 16 heavy (non-hydrogen) atoms. The maximum Gasteiger partial charge on any atom is 0.414 e. The van der Waals surface area contributed by atoms with Gasteiger partial charge in [0.05, 0.1) is 12.4 Å². The Morgan fingerprint density at radius 1 is 1.38 bits per heavy atom. The second-order valence-corrected chi connectivity index (χ2v) is 6.32. The van der Waals surface area contributed by atoms with Crippen LogP contribution in [0.5, 0.6) is 0 Å². The van der Waals surface area contributed by atoms with Crippen LogP contribution in [0.15, 0.2) is 0 Å². The molecule has 0 radical (unpaired) electrons. The van der Waals surface area contributed by atoms with Crippen molar-refractivity contribution >= 4 is 19.7 Å². The molecule has 0 aliphatic rings. The minimum atomic E-state index is -4.43. The Morgan fingerprint density at radius 2 is 1.88 bits per heavy atom. The summed E-state index contributed by atoms with van der Waals surface area (Å²) in [5, 5.41) is 0. The Labute approximate surface area is 97.3 Å². The summed E-state index contributed by atoms with van der Waals surface area (Å²) < 4.78 is 62.2. The van der Waals surface area contributed by atoms with E-state index in [1.165, 1.54) is 0 Å². The number of alkyl halides is 3. The Hall–Kier alpha value is -0.0100. The zero-order valence-electron chi connectivity index (χ0n) is 8.92. The molecule has 0 aliphatic carbocycles. The maximum atomic E-state index is 12.1. The number of halogens is 4. The maximum absolute atomic E-state index is 12.1. The molecule has 0 N–H and O–H groups in total. The van der Waals surface area contributed by atoms with Crippen molar-refractivity contribution in [2.75, 3.05) is 12.4 Å². The van der Waals surface area contributed by atoms with Gasteiger partial charge in [0.1, 0.15) is 0 Å². The fourth-order valence-electron chi connectivity index (χ4n) is 0.940. The number of hydrogen-bond donors (Lipinski definition) is 0. The first-order chi connectivity index (χ1) is 7.06. The molecule has 0 heterocycles. The van der Waals surface area contributed by atoms with Crippen LogP contribution in [0, 0.1) is 5.92 Å². The highest BCUT2D eigenvalue weighted by Gasteiger charge is 2.37. The fraction of sp³-hybridized carbons (Fsp3) is 1.00. The van der Waals surface area contributed by atoms with E-state index in [-0.39, 0.29) is 12.4 Å². The van der Waals surface area contributed by atoms with Crippen LogP contribution in [-0.4, -0.2) is 33.1 Å². The van der Waals surface area contributed by atoms with E-state index in [2.05, 4.69) is 4.74 Å². The Balaban J connectivity index is 4.17. The average molecular weight is 283 g/mol. The Morgan fingerprint density at radius 3 is 2.19 bits per heavy atom. The Kier molecular flexibility index (Phi) is 6.06. The van der Waals surface area contributed by atoms with E-state index in [0.717, 1.165) is 6.92 Å². The number of ether oxygens (including phenoxy) is 1. The first-order valence-corrected chi connectivity index (χ1v) is 7.14. The van der Waals surface area contributed by atoms with Crippen molar-refractivity contribution < 1.29 is 26.3 Å². The van der Waals surface area contributed by atoms with Crippen molar-refractivity contribution in [1.82, 2.24) is 0 Å². The smallest absolute Gasteiger partial charge is 0.369 e. The normalized spacial score (nSPS) is 17.1. The van der Waals surface area contributed by atoms with E-state index in [1.54, 1.807) is 6.92 Å². The monoisotopic (exact) mass is 282 g/mol. The van der Waals surface area contributed by atoms with Crippen LogP contribution in [0.25, 0.3) is 0 Å². The third-order valence-corrected chi connectivity index (χ3v) is 3.30. The van der Waals surface area contributed by atoms with E-state index >= 15 is 0 Å². The Bertz CT molecular complexity index is 302. The van der Waals surface area contributed by atoms with Crippen molar-refractivity contribution in [3.05, 3.63) is 0 Å². The standard InChI is InChI=1S/C8H14ClF3O3S/c1-3-7(5-16(9,13)14)4-15-6(2)8(10,11)12/h6-7H,3-5H2,1-2H3. The van der Waals surface area contributed by atoms with E-state index in [9.17, 15) is 21.6 Å². The summed E-state index contributed by atoms with van der Waals surface area (Å²) in [4.78, 5) is 0. The molecule has 0 saturated carbocycles. The predicted octanol–water partition coefficient (Wildman–Crippen LogP) is 2.55. The second kappa shape index (κ2) is 6.07. The van der Waals surface area contributed by atoms with Gasteiger partial charge in [-0.3, -0.25) is 0 Å². The zero-order valence-corrected chi connectivity index (χ0v) is 10.5. The summed E-state index contributed by atoms with van der Waals surface area (Å²) in [5.41, 5.74) is 0. The first kappa shape index (κ1) is 16.0. The molecule has 0 aromatic rings. The lowest BCUT2D eigenvalue weighted by atomic mass is 10.1. The molecule has 0 saturated heterocycles. The minimum Gasteiger partial charge on any atom is -0.369 e. The lowest BCUT2D eigenvalue weighted by Gasteiger charge is -2.19. The summed E-state index contributed by atoms with van der Waals surface area (Å²) in [6.07, 6.45) is -5.95. The highest BCUT2D eigenvalue weighted by molar-refractivity contribution is 8.13. The molecule has 2 unspecified atom stereocenters. The van der Waals surface area contributed by atoms with Crippen LogP contribution in [0.1, 0.15) is 20.3 Å². The molecule has 2 atom stereocenters. The third-order valence-electron chi connectivity index (χ3n) is 2.06. The first-order valence-electron chi connectivity index (χ1n) is 4.67. The average Bonchev–Trinajstić information content (AvgIpc) is 2.08. The van der Waals surface area contributed by atoms with Crippen LogP contribution in [0.2, 0.25) is 0 Å². The van der Waals surface area contributed by atoms with E-state index in [1.807, 2.05) is 0 Å². The topological polar surface area (TPSA) is 43.4 Å². The number of rotatable bonds is 6. The van der Waals surface area contributed by atoms with Gasteiger partial charge in [0.15, 0.2) is 6.10 Å². The van der Waals surface area contributed by atoms with Gasteiger partial charge >= 0.3 is 6.18 Å². The van der Waals surface area contributed by atoms with Crippen LogP contribution < -0.4 is 0 Å². The largest absolute Gasteiger partial charge is 0.414 e. The van der Waals surface area contributed by atoms with E-state index < -0.39 is 27.2 Å². The van der Waals surface area contributed by atoms with E-state index in [0.29, 0.717) is 6.42 Å². The molecule has 0 aromatic heterocycles. The fourth-order valence-corrected chi connectivity index (χ4v) is 2.37. The van der Waals surface area contributed by atoms with Gasteiger partial charge in [0, 0.05) is 10.7 Å². The summed E-state index contributed by atoms with van der Waals surface area (Å²) in [6.45, 7) is 2.26. The lowest BCUT2D eigenvalue weighted by Crippen LogP contribution is -2.31. The van der Waals surface area contributed by atoms with Crippen molar-refractivity contribution in [2.24, 2.45) is 5.92 Å². The van der Waals surface area contributed by atoms with Crippen LogP contribution >= 0.6 is 10.7 Å². The van der Waals surface area contributed by atoms with Crippen molar-refractivity contribution in [3.8, 4) is 0 Å². The van der Waals surface area contributed by atoms with Gasteiger partial charge in [-0.25, -0.2) is 8.42 Å². The molecular weight excluding hydrogens is 269 g/mol. The summed E-state index contributed by atoms with van der Waals surface area (Å²) >= 11 is 0. The molecule has 0 spiro atoms. The summed E-state index contributed by atoms with van der Waals surface area (Å²) in [7, 11) is 1.30. The summed E-state index contributed by atoms with van der Waals surface area (Å²) in [6, 6.07) is 0. The van der Waals surface area contributed by atoms with Gasteiger partial charge in [-0.2, -0.15) is 13.2 Å². The molecule has 0 rings (SSSR count). The van der Waals surface area contributed by atoms with Crippen LogP contribution in [0.3, 0.4) is 0 Å².